The summed E-state index contributed by atoms with van der Waals surface area (Å²) >= 11 is 5.91. The smallest absolute Gasteiger partial charge is 0.125 e. The maximum Gasteiger partial charge on any atom is 0.125 e. The fourth-order valence-electron chi connectivity index (χ4n) is 3.30. The number of aromatic nitrogens is 2. The Bertz CT molecular complexity index is 585. The molecule has 1 aromatic heterocycles. The van der Waals surface area contributed by atoms with Crippen LogP contribution in [0.15, 0.2) is 18.2 Å². The van der Waals surface area contributed by atoms with Gasteiger partial charge in [-0.15, -0.1) is 11.6 Å². The second-order valence-corrected chi connectivity index (χ2v) is 5.99. The van der Waals surface area contributed by atoms with Gasteiger partial charge in [-0.1, -0.05) is 25.7 Å². The Morgan fingerprint density at radius 2 is 1.95 bits per heavy atom. The van der Waals surface area contributed by atoms with Crippen molar-refractivity contribution < 1.29 is 4.39 Å². The van der Waals surface area contributed by atoms with E-state index in [9.17, 15) is 4.39 Å². The fraction of sp³-hybridized carbons (Fsp3) is 0.562. The molecule has 0 unspecified atom stereocenters. The van der Waals surface area contributed by atoms with E-state index in [4.69, 9.17) is 11.6 Å². The van der Waals surface area contributed by atoms with Crippen LogP contribution in [-0.2, 0) is 6.42 Å². The zero-order valence-electron chi connectivity index (χ0n) is 11.6. The first-order chi connectivity index (χ1) is 9.79. The lowest BCUT2D eigenvalue weighted by molar-refractivity contribution is 0.441. The summed E-state index contributed by atoms with van der Waals surface area (Å²) in [5.74, 6) is 1.37. The van der Waals surface area contributed by atoms with Crippen molar-refractivity contribution in [3.05, 3.63) is 29.8 Å². The van der Waals surface area contributed by atoms with Gasteiger partial charge in [0.15, 0.2) is 0 Å². The van der Waals surface area contributed by atoms with Crippen molar-refractivity contribution in [1.82, 2.24) is 9.55 Å². The molecule has 0 radical (unpaired) electrons. The molecule has 1 aromatic carbocycles. The predicted molar refractivity (Wildman–Crippen MR) is 80.9 cm³/mol. The van der Waals surface area contributed by atoms with Crippen molar-refractivity contribution in [3.8, 4) is 0 Å². The molecule has 1 saturated carbocycles. The van der Waals surface area contributed by atoms with Crippen LogP contribution < -0.4 is 0 Å². The quantitative estimate of drug-likeness (QED) is 0.584. The number of hydrogen-bond acceptors (Lipinski definition) is 1. The first-order valence-corrected chi connectivity index (χ1v) is 8.05. The van der Waals surface area contributed by atoms with E-state index in [1.54, 1.807) is 12.1 Å². The van der Waals surface area contributed by atoms with E-state index in [1.807, 2.05) is 0 Å². The van der Waals surface area contributed by atoms with Crippen LogP contribution in [0.4, 0.5) is 4.39 Å². The van der Waals surface area contributed by atoms with Gasteiger partial charge in [0.05, 0.1) is 11.0 Å². The second kappa shape index (κ2) is 6.13. The van der Waals surface area contributed by atoms with E-state index < -0.39 is 0 Å². The maximum absolute atomic E-state index is 13.6. The Balaban J connectivity index is 2.08. The molecule has 20 heavy (non-hydrogen) atoms. The Hall–Kier alpha value is -1.09. The molecule has 108 valence electrons. The molecule has 0 spiro atoms. The average Bonchev–Trinajstić information content (AvgIpc) is 2.63. The zero-order valence-corrected chi connectivity index (χ0v) is 12.4. The summed E-state index contributed by atoms with van der Waals surface area (Å²) < 4.78 is 15.8. The molecule has 4 heteroatoms. The first-order valence-electron chi connectivity index (χ1n) is 7.52. The molecule has 1 fully saturated rings. The van der Waals surface area contributed by atoms with Gasteiger partial charge in [0.1, 0.15) is 11.6 Å². The highest BCUT2D eigenvalue weighted by Crippen LogP contribution is 2.32. The van der Waals surface area contributed by atoms with Crippen LogP contribution in [0.3, 0.4) is 0 Å². The van der Waals surface area contributed by atoms with Gasteiger partial charge in [-0.25, -0.2) is 9.37 Å². The van der Waals surface area contributed by atoms with Crippen molar-refractivity contribution in [2.45, 2.75) is 51.0 Å². The summed E-state index contributed by atoms with van der Waals surface area (Å²) in [4.78, 5) is 4.66. The third kappa shape index (κ3) is 2.69. The third-order valence-corrected chi connectivity index (χ3v) is 4.42. The molecule has 0 saturated heterocycles. The Labute approximate surface area is 123 Å². The third-order valence-electron chi connectivity index (χ3n) is 4.23. The van der Waals surface area contributed by atoms with E-state index in [0.717, 1.165) is 36.1 Å². The van der Waals surface area contributed by atoms with Crippen molar-refractivity contribution in [2.75, 3.05) is 5.88 Å². The molecule has 0 aliphatic heterocycles. The van der Waals surface area contributed by atoms with Crippen LogP contribution in [0.5, 0.6) is 0 Å². The van der Waals surface area contributed by atoms with Crippen molar-refractivity contribution in [1.29, 1.82) is 0 Å². The highest BCUT2D eigenvalue weighted by molar-refractivity contribution is 6.17. The SMILES string of the molecule is Fc1ccc2nc(CCCl)n(C3CCCCCC3)c2c1. The number of imidazole rings is 1. The van der Waals surface area contributed by atoms with Gasteiger partial charge >= 0.3 is 0 Å². The summed E-state index contributed by atoms with van der Waals surface area (Å²) in [5, 5.41) is 0. The molecule has 0 N–H and O–H groups in total. The van der Waals surface area contributed by atoms with E-state index in [2.05, 4.69) is 9.55 Å². The Kier molecular flexibility index (Phi) is 4.25. The van der Waals surface area contributed by atoms with E-state index in [-0.39, 0.29) is 5.82 Å². The van der Waals surface area contributed by atoms with Crippen molar-refractivity contribution in [2.24, 2.45) is 0 Å². The van der Waals surface area contributed by atoms with Crippen molar-refractivity contribution in [3.63, 3.8) is 0 Å². The van der Waals surface area contributed by atoms with E-state index >= 15 is 0 Å². The summed E-state index contributed by atoms with van der Waals surface area (Å²) in [6, 6.07) is 5.32. The van der Waals surface area contributed by atoms with Gasteiger partial charge < -0.3 is 4.57 Å². The second-order valence-electron chi connectivity index (χ2n) is 5.62. The molecule has 1 heterocycles. The maximum atomic E-state index is 13.6. The topological polar surface area (TPSA) is 17.8 Å². The summed E-state index contributed by atoms with van der Waals surface area (Å²) in [6.45, 7) is 0. The van der Waals surface area contributed by atoms with E-state index in [0.29, 0.717) is 11.9 Å². The molecule has 2 aromatic rings. The summed E-state index contributed by atoms with van der Waals surface area (Å²) in [5.41, 5.74) is 1.81. The van der Waals surface area contributed by atoms with Gasteiger partial charge in [-0.05, 0) is 31.0 Å². The van der Waals surface area contributed by atoms with Crippen LogP contribution in [0.25, 0.3) is 11.0 Å². The average molecular weight is 295 g/mol. The Morgan fingerprint density at radius 3 is 2.65 bits per heavy atom. The highest BCUT2D eigenvalue weighted by Gasteiger charge is 2.20. The van der Waals surface area contributed by atoms with Crippen molar-refractivity contribution >= 4 is 22.6 Å². The normalized spacial score (nSPS) is 17.5. The number of halogens is 2. The minimum absolute atomic E-state index is 0.190. The van der Waals surface area contributed by atoms with Crippen LogP contribution in [0.1, 0.15) is 50.4 Å². The summed E-state index contributed by atoms with van der Waals surface area (Å²) in [7, 11) is 0. The van der Waals surface area contributed by atoms with Crippen LogP contribution in [0, 0.1) is 5.82 Å². The lowest BCUT2D eigenvalue weighted by Gasteiger charge is -2.20. The predicted octanol–water partition coefficient (Wildman–Crippen LogP) is 4.85. The molecule has 1 aliphatic rings. The number of benzene rings is 1. The standard InChI is InChI=1S/C16H20ClFN2/c17-10-9-16-19-14-8-7-12(18)11-15(14)20(16)13-5-3-1-2-4-6-13/h7-8,11,13H,1-6,9-10H2. The number of fused-ring (bicyclic) bond motifs is 1. The molecule has 2 nitrogen and oxygen atoms in total. The number of hydrogen-bond donors (Lipinski definition) is 0. The largest absolute Gasteiger partial charge is 0.325 e. The minimum Gasteiger partial charge on any atom is -0.325 e. The zero-order chi connectivity index (χ0) is 13.9. The Morgan fingerprint density at radius 1 is 1.20 bits per heavy atom. The van der Waals surface area contributed by atoms with Gasteiger partial charge in [-0.2, -0.15) is 0 Å². The molecule has 0 amide bonds. The number of rotatable bonds is 3. The van der Waals surface area contributed by atoms with Gasteiger partial charge in [0, 0.05) is 18.3 Å². The van der Waals surface area contributed by atoms with Gasteiger partial charge in [-0.3, -0.25) is 0 Å². The molecule has 0 atom stereocenters. The molecule has 3 rings (SSSR count). The van der Waals surface area contributed by atoms with E-state index in [1.165, 1.54) is 31.7 Å². The number of nitrogens with zero attached hydrogens (tertiary/aromatic N) is 2. The van der Waals surface area contributed by atoms with Gasteiger partial charge in [0.2, 0.25) is 0 Å². The lowest BCUT2D eigenvalue weighted by atomic mass is 10.1. The fourth-order valence-corrected chi connectivity index (χ4v) is 3.47. The number of alkyl halides is 1. The highest BCUT2D eigenvalue weighted by atomic mass is 35.5. The molecule has 0 bridgehead atoms. The number of aryl methyl sites for hydroxylation is 1. The van der Waals surface area contributed by atoms with Crippen LogP contribution >= 0.6 is 11.6 Å². The first kappa shape index (κ1) is 13.9. The van der Waals surface area contributed by atoms with Gasteiger partial charge in [0.25, 0.3) is 0 Å². The molecular formula is C16H20ClFN2. The van der Waals surface area contributed by atoms with Crippen LogP contribution in [0.2, 0.25) is 0 Å². The van der Waals surface area contributed by atoms with Crippen LogP contribution in [-0.4, -0.2) is 15.4 Å². The minimum atomic E-state index is -0.190. The monoisotopic (exact) mass is 294 g/mol. The molecular weight excluding hydrogens is 275 g/mol. The summed E-state index contributed by atoms with van der Waals surface area (Å²) in [6.07, 6.45) is 8.19. The molecule has 1 aliphatic carbocycles. The lowest BCUT2D eigenvalue weighted by Crippen LogP contribution is -2.12.